The van der Waals surface area contributed by atoms with Gasteiger partial charge in [-0.15, -0.1) is 0 Å². The SMILES string of the molecule is Cc1cc(Br)c2c(c1)NCC(C)(C)C(=O)N2C. The highest BCUT2D eigenvalue weighted by atomic mass is 79.9. The average Bonchev–Trinajstić information content (AvgIpc) is 2.30. The van der Waals surface area contributed by atoms with E-state index in [9.17, 15) is 4.79 Å². The summed E-state index contributed by atoms with van der Waals surface area (Å²) in [6, 6.07) is 4.11. The molecule has 0 bridgehead atoms. The van der Waals surface area contributed by atoms with E-state index in [4.69, 9.17) is 0 Å². The van der Waals surface area contributed by atoms with Crippen molar-refractivity contribution in [3.63, 3.8) is 0 Å². The number of hydrogen-bond acceptors (Lipinski definition) is 2. The summed E-state index contributed by atoms with van der Waals surface area (Å²) in [4.78, 5) is 14.1. The van der Waals surface area contributed by atoms with Crippen molar-refractivity contribution in [1.82, 2.24) is 0 Å². The number of anilines is 2. The minimum absolute atomic E-state index is 0.133. The number of rotatable bonds is 0. The molecule has 1 aromatic rings. The number of carbonyl (C=O) groups excluding carboxylic acids is 1. The number of nitrogens with zero attached hydrogens (tertiary/aromatic N) is 1. The molecule has 0 spiro atoms. The van der Waals surface area contributed by atoms with E-state index in [1.54, 1.807) is 4.90 Å². The fourth-order valence-electron chi connectivity index (χ4n) is 2.16. The largest absolute Gasteiger partial charge is 0.382 e. The maximum Gasteiger partial charge on any atom is 0.234 e. The average molecular weight is 297 g/mol. The van der Waals surface area contributed by atoms with Gasteiger partial charge in [0.15, 0.2) is 0 Å². The van der Waals surface area contributed by atoms with Crippen LogP contribution < -0.4 is 10.2 Å². The lowest BCUT2D eigenvalue weighted by Crippen LogP contribution is -2.40. The summed E-state index contributed by atoms with van der Waals surface area (Å²) < 4.78 is 0.952. The van der Waals surface area contributed by atoms with Crippen LogP contribution in [0.25, 0.3) is 0 Å². The molecule has 0 aliphatic carbocycles. The molecular weight excluding hydrogens is 280 g/mol. The van der Waals surface area contributed by atoms with Gasteiger partial charge in [0, 0.05) is 18.1 Å². The summed E-state index contributed by atoms with van der Waals surface area (Å²) in [6.45, 7) is 6.63. The van der Waals surface area contributed by atoms with Gasteiger partial charge >= 0.3 is 0 Å². The van der Waals surface area contributed by atoms with Gasteiger partial charge in [-0.2, -0.15) is 0 Å². The summed E-state index contributed by atoms with van der Waals surface area (Å²) >= 11 is 3.54. The lowest BCUT2D eigenvalue weighted by molar-refractivity contribution is -0.125. The van der Waals surface area contributed by atoms with E-state index in [1.807, 2.05) is 33.9 Å². The molecule has 2 rings (SSSR count). The maximum atomic E-state index is 12.3. The topological polar surface area (TPSA) is 32.3 Å². The van der Waals surface area contributed by atoms with Crippen molar-refractivity contribution in [2.45, 2.75) is 20.8 Å². The van der Waals surface area contributed by atoms with Crippen molar-refractivity contribution in [2.75, 3.05) is 23.8 Å². The molecule has 0 saturated heterocycles. The molecule has 1 aromatic carbocycles. The van der Waals surface area contributed by atoms with Crippen molar-refractivity contribution in [3.8, 4) is 0 Å². The van der Waals surface area contributed by atoms with E-state index in [2.05, 4.69) is 27.3 Å². The van der Waals surface area contributed by atoms with Crippen LogP contribution in [0, 0.1) is 12.3 Å². The van der Waals surface area contributed by atoms with Crippen LogP contribution in [0.1, 0.15) is 19.4 Å². The van der Waals surface area contributed by atoms with Gasteiger partial charge in [-0.25, -0.2) is 0 Å². The molecule has 1 aliphatic heterocycles. The number of aryl methyl sites for hydroxylation is 1. The molecule has 4 heteroatoms. The molecule has 0 radical (unpaired) electrons. The van der Waals surface area contributed by atoms with Gasteiger partial charge in [-0.3, -0.25) is 4.79 Å². The quantitative estimate of drug-likeness (QED) is 0.797. The molecule has 0 saturated carbocycles. The first-order chi connectivity index (χ1) is 7.83. The minimum atomic E-state index is -0.388. The Balaban J connectivity index is 2.59. The predicted molar refractivity (Wildman–Crippen MR) is 74.6 cm³/mol. The van der Waals surface area contributed by atoms with Crippen molar-refractivity contribution in [3.05, 3.63) is 22.2 Å². The Morgan fingerprint density at radius 2 is 2.06 bits per heavy atom. The molecule has 92 valence electrons. The number of hydrogen-bond donors (Lipinski definition) is 1. The maximum absolute atomic E-state index is 12.3. The Morgan fingerprint density at radius 3 is 2.71 bits per heavy atom. The van der Waals surface area contributed by atoms with Gasteiger partial charge in [0.05, 0.1) is 16.8 Å². The fourth-order valence-corrected chi connectivity index (χ4v) is 3.00. The standard InChI is InChI=1S/C13H17BrN2O/c1-8-5-9(14)11-10(6-8)15-7-13(2,3)12(17)16(11)4/h5-6,15H,7H2,1-4H3. The van der Waals surface area contributed by atoms with Crippen molar-refractivity contribution >= 4 is 33.2 Å². The van der Waals surface area contributed by atoms with E-state index in [-0.39, 0.29) is 11.3 Å². The van der Waals surface area contributed by atoms with Gasteiger partial charge in [0.2, 0.25) is 5.91 Å². The minimum Gasteiger partial charge on any atom is -0.382 e. The Hall–Kier alpha value is -1.03. The lowest BCUT2D eigenvalue weighted by atomic mass is 9.92. The smallest absolute Gasteiger partial charge is 0.234 e. The third-order valence-electron chi connectivity index (χ3n) is 3.15. The molecular formula is C13H17BrN2O. The number of carbonyl (C=O) groups is 1. The van der Waals surface area contributed by atoms with Crippen molar-refractivity contribution in [1.29, 1.82) is 0 Å². The second-order valence-electron chi connectivity index (χ2n) is 5.24. The molecule has 17 heavy (non-hydrogen) atoms. The first-order valence-electron chi connectivity index (χ1n) is 5.65. The third-order valence-corrected chi connectivity index (χ3v) is 3.75. The molecule has 0 fully saturated rings. The number of benzene rings is 1. The summed E-state index contributed by atoms with van der Waals surface area (Å²) in [5, 5.41) is 3.37. The molecule has 0 unspecified atom stereocenters. The highest BCUT2D eigenvalue weighted by molar-refractivity contribution is 9.10. The van der Waals surface area contributed by atoms with E-state index >= 15 is 0 Å². The van der Waals surface area contributed by atoms with E-state index in [0.717, 1.165) is 15.8 Å². The van der Waals surface area contributed by atoms with E-state index < -0.39 is 0 Å². The van der Waals surface area contributed by atoms with Crippen LogP contribution in [0.3, 0.4) is 0 Å². The molecule has 1 heterocycles. The van der Waals surface area contributed by atoms with Gasteiger partial charge < -0.3 is 10.2 Å². The van der Waals surface area contributed by atoms with Crippen LogP contribution in [-0.2, 0) is 4.79 Å². The van der Waals surface area contributed by atoms with Gasteiger partial charge in [0.25, 0.3) is 0 Å². The van der Waals surface area contributed by atoms with Crippen LogP contribution in [0.15, 0.2) is 16.6 Å². The monoisotopic (exact) mass is 296 g/mol. The first kappa shape index (κ1) is 12.4. The zero-order valence-corrected chi connectivity index (χ0v) is 12.2. The Labute approximate surface area is 110 Å². The number of nitrogens with one attached hydrogen (secondary N) is 1. The Bertz CT molecular complexity index is 483. The highest BCUT2D eigenvalue weighted by Crippen LogP contribution is 2.39. The van der Waals surface area contributed by atoms with E-state index in [0.29, 0.717) is 6.54 Å². The van der Waals surface area contributed by atoms with Crippen LogP contribution in [0.2, 0.25) is 0 Å². The zero-order chi connectivity index (χ0) is 12.8. The summed E-state index contributed by atoms with van der Waals surface area (Å²) in [5.41, 5.74) is 2.72. The molecule has 1 N–H and O–H groups in total. The summed E-state index contributed by atoms with van der Waals surface area (Å²) in [7, 11) is 1.83. The van der Waals surface area contributed by atoms with Crippen LogP contribution in [0.5, 0.6) is 0 Å². The van der Waals surface area contributed by atoms with E-state index in [1.165, 1.54) is 5.56 Å². The normalized spacial score (nSPS) is 18.4. The Kier molecular flexibility index (Phi) is 2.94. The number of amides is 1. The molecule has 3 nitrogen and oxygen atoms in total. The van der Waals surface area contributed by atoms with Gasteiger partial charge in [-0.05, 0) is 54.4 Å². The van der Waals surface area contributed by atoms with Crippen LogP contribution >= 0.6 is 15.9 Å². The fraction of sp³-hybridized carbons (Fsp3) is 0.462. The molecule has 0 aromatic heterocycles. The predicted octanol–water partition coefficient (Wildman–Crippen LogP) is 3.17. The van der Waals surface area contributed by atoms with Crippen molar-refractivity contribution in [2.24, 2.45) is 5.41 Å². The third kappa shape index (κ3) is 2.06. The Morgan fingerprint density at radius 1 is 1.41 bits per heavy atom. The summed E-state index contributed by atoms with van der Waals surface area (Å²) in [6.07, 6.45) is 0. The summed E-state index contributed by atoms with van der Waals surface area (Å²) in [5.74, 6) is 0.133. The van der Waals surface area contributed by atoms with Gasteiger partial charge in [-0.1, -0.05) is 0 Å². The van der Waals surface area contributed by atoms with Gasteiger partial charge in [0.1, 0.15) is 0 Å². The second-order valence-corrected chi connectivity index (χ2v) is 6.10. The number of halogens is 1. The van der Waals surface area contributed by atoms with Crippen LogP contribution in [0.4, 0.5) is 11.4 Å². The second kappa shape index (κ2) is 4.02. The van der Waals surface area contributed by atoms with Crippen LogP contribution in [-0.4, -0.2) is 19.5 Å². The molecule has 1 aliphatic rings. The lowest BCUT2D eigenvalue weighted by Gasteiger charge is -2.26. The van der Waals surface area contributed by atoms with Crippen molar-refractivity contribution < 1.29 is 4.79 Å². The number of fused-ring (bicyclic) bond motifs is 1. The molecule has 1 amide bonds. The zero-order valence-electron chi connectivity index (χ0n) is 10.6. The molecule has 0 atom stereocenters. The highest BCUT2D eigenvalue weighted by Gasteiger charge is 2.35. The first-order valence-corrected chi connectivity index (χ1v) is 6.44.